The number of hydrogen-bond donors (Lipinski definition) is 1. The van der Waals surface area contributed by atoms with Gasteiger partial charge in [0.05, 0.1) is 11.6 Å². The van der Waals surface area contributed by atoms with E-state index in [2.05, 4.69) is 5.32 Å². The number of anilines is 2. The van der Waals surface area contributed by atoms with Crippen molar-refractivity contribution in [2.75, 3.05) is 23.4 Å². The van der Waals surface area contributed by atoms with E-state index < -0.39 is 30.2 Å². The molecule has 2 aromatic carbocycles. The van der Waals surface area contributed by atoms with E-state index in [0.717, 1.165) is 16.7 Å². The molecule has 1 saturated heterocycles. The van der Waals surface area contributed by atoms with Crippen molar-refractivity contribution in [3.63, 3.8) is 0 Å². The zero-order chi connectivity index (χ0) is 21.1. The standard InChI is InChI=1S/C22H23FN2O4/c1-13-8-14(2)21(15(3)9-13)24-19(26)12-29-22(28)16-10-20(27)25(11-16)18-7-5-4-6-17(18)23/h4-9,16H,10-12H2,1-3H3,(H,24,26)/t16-/m0/s1. The first-order valence-electron chi connectivity index (χ1n) is 9.35. The van der Waals surface area contributed by atoms with Crippen LogP contribution >= 0.6 is 0 Å². The van der Waals surface area contributed by atoms with Gasteiger partial charge in [-0.25, -0.2) is 4.39 Å². The van der Waals surface area contributed by atoms with Crippen LogP contribution in [0.1, 0.15) is 23.1 Å². The van der Waals surface area contributed by atoms with Gasteiger partial charge < -0.3 is 15.0 Å². The molecule has 1 heterocycles. The molecule has 2 amide bonds. The minimum atomic E-state index is -0.738. The number of nitrogens with zero attached hydrogens (tertiary/aromatic N) is 1. The maximum absolute atomic E-state index is 13.9. The predicted molar refractivity (Wildman–Crippen MR) is 107 cm³/mol. The van der Waals surface area contributed by atoms with Crippen LogP contribution in [-0.4, -0.2) is 30.9 Å². The van der Waals surface area contributed by atoms with E-state index in [-0.39, 0.29) is 24.6 Å². The van der Waals surface area contributed by atoms with Crippen molar-refractivity contribution in [3.8, 4) is 0 Å². The summed E-state index contributed by atoms with van der Waals surface area (Å²) in [7, 11) is 0. The molecule has 2 aromatic rings. The Kier molecular flexibility index (Phi) is 5.96. The molecule has 0 spiro atoms. The van der Waals surface area contributed by atoms with Crippen LogP contribution in [0.5, 0.6) is 0 Å². The first-order valence-corrected chi connectivity index (χ1v) is 9.35. The average molecular weight is 398 g/mol. The van der Waals surface area contributed by atoms with Crippen molar-refractivity contribution < 1.29 is 23.5 Å². The number of halogens is 1. The SMILES string of the molecule is Cc1cc(C)c(NC(=O)COC(=O)[C@H]2CC(=O)N(c3ccccc3F)C2)c(C)c1. The summed E-state index contributed by atoms with van der Waals surface area (Å²) in [6.07, 6.45) is -0.0784. The lowest BCUT2D eigenvalue weighted by atomic mass is 10.1. The van der Waals surface area contributed by atoms with Crippen molar-refractivity contribution in [2.24, 2.45) is 5.92 Å². The molecule has 6 nitrogen and oxygen atoms in total. The molecule has 29 heavy (non-hydrogen) atoms. The number of amides is 2. The van der Waals surface area contributed by atoms with Gasteiger partial charge in [-0.3, -0.25) is 14.4 Å². The second-order valence-corrected chi connectivity index (χ2v) is 7.29. The first-order chi connectivity index (χ1) is 13.8. The van der Waals surface area contributed by atoms with Crippen LogP contribution in [0, 0.1) is 32.5 Å². The zero-order valence-corrected chi connectivity index (χ0v) is 16.6. The van der Waals surface area contributed by atoms with Gasteiger partial charge in [-0.1, -0.05) is 29.8 Å². The topological polar surface area (TPSA) is 75.7 Å². The van der Waals surface area contributed by atoms with E-state index in [4.69, 9.17) is 4.74 Å². The smallest absolute Gasteiger partial charge is 0.311 e. The molecular weight excluding hydrogens is 375 g/mol. The van der Waals surface area contributed by atoms with Gasteiger partial charge in [0, 0.05) is 18.7 Å². The van der Waals surface area contributed by atoms with Crippen LogP contribution in [-0.2, 0) is 19.1 Å². The molecule has 1 fully saturated rings. The van der Waals surface area contributed by atoms with Crippen LogP contribution in [0.25, 0.3) is 0 Å². The Morgan fingerprint density at radius 3 is 2.48 bits per heavy atom. The predicted octanol–water partition coefficient (Wildman–Crippen LogP) is 3.29. The second kappa shape index (κ2) is 8.43. The van der Waals surface area contributed by atoms with Crippen LogP contribution in [0.4, 0.5) is 15.8 Å². The van der Waals surface area contributed by atoms with Crippen molar-refractivity contribution in [1.29, 1.82) is 0 Å². The summed E-state index contributed by atoms with van der Waals surface area (Å²) in [4.78, 5) is 37.9. The Labute approximate surface area is 168 Å². The molecule has 152 valence electrons. The Morgan fingerprint density at radius 1 is 1.17 bits per heavy atom. The van der Waals surface area contributed by atoms with Crippen molar-refractivity contribution in [1.82, 2.24) is 0 Å². The largest absolute Gasteiger partial charge is 0.455 e. The quantitative estimate of drug-likeness (QED) is 0.785. The molecule has 1 aliphatic rings. The summed E-state index contributed by atoms with van der Waals surface area (Å²) in [6, 6.07) is 9.80. The third-order valence-corrected chi connectivity index (χ3v) is 4.89. The van der Waals surface area contributed by atoms with Gasteiger partial charge >= 0.3 is 5.97 Å². The third-order valence-electron chi connectivity index (χ3n) is 4.89. The molecule has 3 rings (SSSR count). The zero-order valence-electron chi connectivity index (χ0n) is 16.6. The third kappa shape index (κ3) is 4.62. The van der Waals surface area contributed by atoms with E-state index in [9.17, 15) is 18.8 Å². The number of esters is 1. The van der Waals surface area contributed by atoms with Gasteiger partial charge in [0.2, 0.25) is 5.91 Å². The summed E-state index contributed by atoms with van der Waals surface area (Å²) >= 11 is 0. The Morgan fingerprint density at radius 2 is 1.83 bits per heavy atom. The Hall–Kier alpha value is -3.22. The van der Waals surface area contributed by atoms with Crippen molar-refractivity contribution >= 4 is 29.2 Å². The number of benzene rings is 2. The highest BCUT2D eigenvalue weighted by atomic mass is 19.1. The summed E-state index contributed by atoms with van der Waals surface area (Å²) in [5.41, 5.74) is 3.76. The maximum atomic E-state index is 13.9. The van der Waals surface area contributed by atoms with E-state index in [1.54, 1.807) is 6.07 Å². The van der Waals surface area contributed by atoms with Crippen molar-refractivity contribution in [2.45, 2.75) is 27.2 Å². The molecule has 7 heteroatoms. The number of nitrogens with one attached hydrogen (secondary N) is 1. The van der Waals surface area contributed by atoms with Crippen LogP contribution < -0.4 is 10.2 Å². The first kappa shape index (κ1) is 20.5. The highest BCUT2D eigenvalue weighted by molar-refractivity contribution is 6.00. The summed E-state index contributed by atoms with van der Waals surface area (Å²) in [6.45, 7) is 5.33. The number of aryl methyl sites for hydroxylation is 3. The normalized spacial score (nSPS) is 16.1. The fourth-order valence-electron chi connectivity index (χ4n) is 3.58. The summed E-state index contributed by atoms with van der Waals surface area (Å²) < 4.78 is 19.0. The monoisotopic (exact) mass is 398 g/mol. The number of hydrogen-bond acceptors (Lipinski definition) is 4. The molecule has 0 aromatic heterocycles. The summed E-state index contributed by atoms with van der Waals surface area (Å²) in [5, 5.41) is 2.76. The fourth-order valence-corrected chi connectivity index (χ4v) is 3.58. The average Bonchev–Trinajstić information content (AvgIpc) is 3.04. The lowest BCUT2D eigenvalue weighted by Crippen LogP contribution is -2.28. The molecular formula is C22H23FN2O4. The van der Waals surface area contributed by atoms with Crippen LogP contribution in [0.3, 0.4) is 0 Å². The molecule has 1 atom stereocenters. The number of ether oxygens (including phenoxy) is 1. The van der Waals surface area contributed by atoms with E-state index in [1.165, 1.54) is 23.1 Å². The van der Waals surface area contributed by atoms with Gasteiger partial charge in [0.15, 0.2) is 6.61 Å². The number of rotatable bonds is 5. The van der Waals surface area contributed by atoms with Gasteiger partial charge in [-0.2, -0.15) is 0 Å². The second-order valence-electron chi connectivity index (χ2n) is 7.29. The van der Waals surface area contributed by atoms with E-state index >= 15 is 0 Å². The Bertz CT molecular complexity index is 950. The molecule has 0 aliphatic carbocycles. The molecule has 1 N–H and O–H groups in total. The van der Waals surface area contributed by atoms with Gasteiger partial charge in [0.1, 0.15) is 5.82 Å². The van der Waals surface area contributed by atoms with E-state index in [1.807, 2.05) is 32.9 Å². The molecule has 0 radical (unpaired) electrons. The van der Waals surface area contributed by atoms with E-state index in [0.29, 0.717) is 5.69 Å². The number of carbonyl (C=O) groups is 3. The molecule has 0 saturated carbocycles. The lowest BCUT2D eigenvalue weighted by Gasteiger charge is -2.17. The number of para-hydroxylation sites is 1. The fraction of sp³-hybridized carbons (Fsp3) is 0.318. The number of carbonyl (C=O) groups excluding carboxylic acids is 3. The maximum Gasteiger partial charge on any atom is 0.311 e. The molecule has 1 aliphatic heterocycles. The van der Waals surface area contributed by atoms with Gasteiger partial charge in [-0.05, 0) is 44.0 Å². The minimum absolute atomic E-state index is 0.0242. The van der Waals surface area contributed by atoms with Crippen LogP contribution in [0.15, 0.2) is 36.4 Å². The van der Waals surface area contributed by atoms with Crippen molar-refractivity contribution in [3.05, 3.63) is 58.9 Å². The van der Waals surface area contributed by atoms with Gasteiger partial charge in [-0.15, -0.1) is 0 Å². The van der Waals surface area contributed by atoms with Gasteiger partial charge in [0.25, 0.3) is 5.91 Å². The minimum Gasteiger partial charge on any atom is -0.455 e. The Balaban J connectivity index is 1.57. The molecule has 0 bridgehead atoms. The van der Waals surface area contributed by atoms with Crippen LogP contribution in [0.2, 0.25) is 0 Å². The lowest BCUT2D eigenvalue weighted by molar-refractivity contribution is -0.151. The highest BCUT2D eigenvalue weighted by Crippen LogP contribution is 2.28. The summed E-state index contributed by atoms with van der Waals surface area (Å²) in [5.74, 6) is -2.73. The highest BCUT2D eigenvalue weighted by Gasteiger charge is 2.37. The molecule has 0 unspecified atom stereocenters.